The van der Waals surface area contributed by atoms with Crippen molar-refractivity contribution in [1.29, 1.82) is 0 Å². The molecule has 0 amide bonds. The van der Waals surface area contributed by atoms with Crippen molar-refractivity contribution in [2.75, 3.05) is 6.61 Å². The number of benzene rings is 1. The number of aryl methyl sites for hydroxylation is 1. The average Bonchev–Trinajstić information content (AvgIpc) is 2.85. The van der Waals surface area contributed by atoms with Gasteiger partial charge in [-0.2, -0.15) is 0 Å². The summed E-state index contributed by atoms with van der Waals surface area (Å²) >= 11 is 5.95. The highest BCUT2D eigenvalue weighted by Crippen LogP contribution is 2.23. The fourth-order valence-electron chi connectivity index (χ4n) is 1.69. The molecule has 0 bridgehead atoms. The smallest absolute Gasteiger partial charge is 0.293 e. The van der Waals surface area contributed by atoms with Crippen LogP contribution in [0.3, 0.4) is 0 Å². The number of carbonyl (C=O) groups excluding carboxylic acids is 2. The maximum atomic E-state index is 10.3. The minimum Gasteiger partial charge on any atom is -0.468 e. The average molecular weight is 282 g/mol. The zero-order valence-corrected chi connectivity index (χ0v) is 11.4. The molecule has 0 aliphatic heterocycles. The zero-order valence-electron chi connectivity index (χ0n) is 10.7. The number of fused-ring (bicyclic) bond motifs is 1. The number of halogens is 1. The van der Waals surface area contributed by atoms with Crippen molar-refractivity contribution < 1.29 is 14.3 Å². The summed E-state index contributed by atoms with van der Waals surface area (Å²) in [5, 5.41) is 1.86. The maximum absolute atomic E-state index is 10.3. The van der Waals surface area contributed by atoms with Crippen molar-refractivity contribution in [2.24, 2.45) is 0 Å². The number of hydrogen-bond acceptors (Lipinski definition) is 3. The summed E-state index contributed by atoms with van der Waals surface area (Å²) in [5.41, 5.74) is 2.15. The highest BCUT2D eigenvalue weighted by Gasteiger charge is 2.03. The first-order valence-corrected chi connectivity index (χ1v) is 6.35. The molecule has 0 spiro atoms. The van der Waals surface area contributed by atoms with Crippen LogP contribution < -0.4 is 0 Å². The molecule has 0 fully saturated rings. The summed E-state index contributed by atoms with van der Waals surface area (Å²) < 4.78 is 4.15. The molecule has 5 heteroatoms. The highest BCUT2D eigenvalue weighted by atomic mass is 35.5. The lowest BCUT2D eigenvalue weighted by molar-refractivity contribution is -0.128. The minimum absolute atomic E-state index is 0.431. The summed E-state index contributed by atoms with van der Waals surface area (Å²) in [6, 6.07) is 5.81. The molecule has 1 heterocycles. The van der Waals surface area contributed by atoms with Crippen LogP contribution >= 0.6 is 11.6 Å². The molecule has 1 aromatic heterocycles. The van der Waals surface area contributed by atoms with Gasteiger partial charge in [0.15, 0.2) is 0 Å². The molecule has 0 unspecified atom stereocenters. The van der Waals surface area contributed by atoms with Gasteiger partial charge in [0.25, 0.3) is 6.47 Å². The Bertz CT molecular complexity index is 536. The lowest BCUT2D eigenvalue weighted by atomic mass is 10.1. The summed E-state index contributed by atoms with van der Waals surface area (Å²) in [5.74, 6) is 0. The number of H-pyrrole nitrogens is 1. The Kier molecular flexibility index (Phi) is 6.68. The van der Waals surface area contributed by atoms with Gasteiger partial charge in [-0.1, -0.05) is 11.6 Å². The van der Waals surface area contributed by atoms with Gasteiger partial charge in [0, 0.05) is 28.5 Å². The van der Waals surface area contributed by atoms with Crippen molar-refractivity contribution in [3.8, 4) is 0 Å². The van der Waals surface area contributed by atoms with E-state index < -0.39 is 0 Å². The Balaban J connectivity index is 0.000000312. The number of nitrogens with one attached hydrogen (secondary N) is 1. The van der Waals surface area contributed by atoms with Gasteiger partial charge >= 0.3 is 0 Å². The summed E-state index contributed by atoms with van der Waals surface area (Å²) in [7, 11) is 0. The molecule has 0 atom stereocenters. The highest BCUT2D eigenvalue weighted by molar-refractivity contribution is 6.31. The Morgan fingerprint density at radius 3 is 2.74 bits per heavy atom. The van der Waals surface area contributed by atoms with Gasteiger partial charge in [0.2, 0.25) is 0 Å². The number of aldehydes is 1. The SMILES string of the molecule is CCOC=O.O=CCCc1cc(Cl)cc2[nH]ccc12. The molecule has 0 aliphatic rings. The van der Waals surface area contributed by atoms with Crippen LogP contribution in [0.4, 0.5) is 0 Å². The topological polar surface area (TPSA) is 59.2 Å². The van der Waals surface area contributed by atoms with E-state index in [1.54, 1.807) is 6.92 Å². The van der Waals surface area contributed by atoms with Gasteiger partial charge in [-0.15, -0.1) is 0 Å². The second-order valence-corrected chi connectivity index (χ2v) is 4.20. The van der Waals surface area contributed by atoms with E-state index in [2.05, 4.69) is 9.72 Å². The molecular weight excluding hydrogens is 266 g/mol. The first-order valence-electron chi connectivity index (χ1n) is 5.97. The van der Waals surface area contributed by atoms with Crippen LogP contribution in [-0.4, -0.2) is 24.3 Å². The Morgan fingerprint density at radius 2 is 2.16 bits per heavy atom. The third kappa shape index (κ3) is 4.75. The standard InChI is InChI=1S/C11H10ClNO.C3H6O2/c12-9-6-8(2-1-5-14)10-3-4-13-11(10)7-9;1-2-5-3-4/h3-7,13H,1-2H2;3H,2H2,1H3. The van der Waals surface area contributed by atoms with Crippen LogP contribution in [0.2, 0.25) is 5.02 Å². The van der Waals surface area contributed by atoms with Crippen molar-refractivity contribution in [3.05, 3.63) is 35.0 Å². The number of aromatic nitrogens is 1. The molecule has 0 radical (unpaired) electrons. The monoisotopic (exact) mass is 281 g/mol. The molecule has 1 N–H and O–H groups in total. The van der Waals surface area contributed by atoms with Crippen molar-refractivity contribution in [2.45, 2.75) is 19.8 Å². The minimum atomic E-state index is 0.431. The molecule has 1 aromatic carbocycles. The van der Waals surface area contributed by atoms with E-state index >= 15 is 0 Å². The summed E-state index contributed by atoms with van der Waals surface area (Å²) in [6.07, 6.45) is 4.10. The van der Waals surface area contributed by atoms with E-state index in [-0.39, 0.29) is 0 Å². The van der Waals surface area contributed by atoms with Crippen LogP contribution in [0.5, 0.6) is 0 Å². The van der Waals surface area contributed by atoms with Gasteiger partial charge < -0.3 is 14.5 Å². The van der Waals surface area contributed by atoms with Gasteiger partial charge in [-0.05, 0) is 37.1 Å². The second-order valence-electron chi connectivity index (χ2n) is 3.76. The lowest BCUT2D eigenvalue weighted by Crippen LogP contribution is -1.87. The van der Waals surface area contributed by atoms with Crippen molar-refractivity contribution in [3.63, 3.8) is 0 Å². The first-order chi connectivity index (χ1) is 9.22. The van der Waals surface area contributed by atoms with Gasteiger partial charge in [0.05, 0.1) is 6.61 Å². The van der Waals surface area contributed by atoms with Gasteiger partial charge in [-0.3, -0.25) is 4.79 Å². The molecule has 2 aromatic rings. The van der Waals surface area contributed by atoms with E-state index in [0.29, 0.717) is 24.5 Å². The predicted octanol–water partition coefficient (Wildman–Crippen LogP) is 3.13. The van der Waals surface area contributed by atoms with Crippen LogP contribution in [0.1, 0.15) is 18.9 Å². The fourth-order valence-corrected chi connectivity index (χ4v) is 1.94. The van der Waals surface area contributed by atoms with Crippen LogP contribution in [0.25, 0.3) is 10.9 Å². The second kappa shape index (κ2) is 8.32. The Morgan fingerprint density at radius 1 is 1.37 bits per heavy atom. The van der Waals surface area contributed by atoms with Crippen LogP contribution in [0.15, 0.2) is 24.4 Å². The summed E-state index contributed by atoms with van der Waals surface area (Å²) in [6.45, 7) is 2.66. The molecule has 2 rings (SSSR count). The van der Waals surface area contributed by atoms with Crippen molar-refractivity contribution in [1.82, 2.24) is 4.98 Å². The number of ether oxygens (including phenoxy) is 1. The summed E-state index contributed by atoms with van der Waals surface area (Å²) in [4.78, 5) is 22.6. The van der Waals surface area contributed by atoms with Crippen molar-refractivity contribution >= 4 is 35.3 Å². The van der Waals surface area contributed by atoms with Gasteiger partial charge in [-0.25, -0.2) is 0 Å². The predicted molar refractivity (Wildman–Crippen MR) is 75.4 cm³/mol. The zero-order chi connectivity index (χ0) is 14.1. The lowest BCUT2D eigenvalue weighted by Gasteiger charge is -2.01. The van der Waals surface area contributed by atoms with E-state index in [9.17, 15) is 9.59 Å². The number of carbonyl (C=O) groups is 2. The van der Waals surface area contributed by atoms with E-state index in [1.807, 2.05) is 24.4 Å². The number of rotatable bonds is 5. The quantitative estimate of drug-likeness (QED) is 0.857. The molecule has 4 nitrogen and oxygen atoms in total. The largest absolute Gasteiger partial charge is 0.468 e. The molecule has 0 saturated carbocycles. The van der Waals surface area contributed by atoms with Gasteiger partial charge in [0.1, 0.15) is 6.29 Å². The maximum Gasteiger partial charge on any atom is 0.293 e. The number of aromatic amines is 1. The molecule has 19 heavy (non-hydrogen) atoms. The van der Waals surface area contributed by atoms with E-state index in [1.165, 1.54) is 0 Å². The molecular formula is C14H16ClNO3. The fraction of sp³-hybridized carbons (Fsp3) is 0.286. The molecule has 102 valence electrons. The number of hydrogen-bond donors (Lipinski definition) is 1. The Hall–Kier alpha value is -1.81. The Labute approximate surface area is 116 Å². The molecule has 0 aliphatic carbocycles. The van der Waals surface area contributed by atoms with Crippen LogP contribution in [-0.2, 0) is 20.7 Å². The van der Waals surface area contributed by atoms with E-state index in [4.69, 9.17) is 11.6 Å². The molecule has 0 saturated heterocycles. The van der Waals surface area contributed by atoms with E-state index in [0.717, 1.165) is 29.2 Å². The first kappa shape index (κ1) is 15.2. The third-order valence-corrected chi connectivity index (χ3v) is 2.70. The van der Waals surface area contributed by atoms with Crippen LogP contribution in [0, 0.1) is 0 Å². The third-order valence-electron chi connectivity index (χ3n) is 2.49. The normalized spacial score (nSPS) is 9.58.